The molecule has 1 aliphatic rings. The van der Waals surface area contributed by atoms with E-state index in [9.17, 15) is 4.79 Å². The normalized spacial score (nSPS) is 15.3. The number of alkyl halides is 2. The highest BCUT2D eigenvalue weighted by atomic mass is 79.9. The fourth-order valence-corrected chi connectivity index (χ4v) is 4.40. The number of amides is 1. The van der Waals surface area contributed by atoms with Gasteiger partial charge in [0.25, 0.3) is 5.91 Å². The molecule has 0 fully saturated rings. The summed E-state index contributed by atoms with van der Waals surface area (Å²) in [7, 11) is 0. The fourth-order valence-electron chi connectivity index (χ4n) is 2.04. The van der Waals surface area contributed by atoms with Gasteiger partial charge in [-0.25, -0.2) is 0 Å². The van der Waals surface area contributed by atoms with Gasteiger partial charge in [-0.05, 0) is 44.2 Å². The van der Waals surface area contributed by atoms with Crippen LogP contribution in [0.3, 0.4) is 0 Å². The second-order valence-corrected chi connectivity index (χ2v) is 7.31. The minimum absolute atomic E-state index is 0.0517. The molecule has 100 valence electrons. The molecule has 2 nitrogen and oxygen atoms in total. The van der Waals surface area contributed by atoms with Crippen molar-refractivity contribution < 1.29 is 4.79 Å². The van der Waals surface area contributed by atoms with Crippen LogP contribution < -0.4 is 5.32 Å². The highest BCUT2D eigenvalue weighted by Crippen LogP contribution is 2.30. The number of hydrogen-bond acceptors (Lipinski definition) is 2. The number of aryl methyl sites for hydroxylation is 2. The smallest absolute Gasteiger partial charge is 0.261 e. The number of halogens is 2. The van der Waals surface area contributed by atoms with Crippen LogP contribution >= 0.6 is 43.2 Å². The van der Waals surface area contributed by atoms with Crippen LogP contribution in [0, 0.1) is 0 Å². The number of carbonyl (C=O) groups excluding carboxylic acids is 1. The predicted molar refractivity (Wildman–Crippen MR) is 84.4 cm³/mol. The van der Waals surface area contributed by atoms with Gasteiger partial charge in [0.2, 0.25) is 0 Å². The summed E-state index contributed by atoms with van der Waals surface area (Å²) in [4.78, 5) is 14.5. The van der Waals surface area contributed by atoms with E-state index in [1.165, 1.54) is 23.3 Å². The van der Waals surface area contributed by atoms with E-state index in [-0.39, 0.29) is 11.4 Å². The molecule has 0 unspecified atom stereocenters. The maximum absolute atomic E-state index is 12.3. The van der Waals surface area contributed by atoms with Crippen LogP contribution in [0.4, 0.5) is 0 Å². The zero-order valence-electron chi connectivity index (χ0n) is 10.4. The first-order valence-corrected chi connectivity index (χ1v) is 9.20. The zero-order chi connectivity index (χ0) is 13.2. The maximum Gasteiger partial charge on any atom is 0.261 e. The summed E-state index contributed by atoms with van der Waals surface area (Å²) in [6.45, 7) is 2.03. The number of fused-ring (bicyclic) bond motifs is 1. The Morgan fingerprint density at radius 3 is 2.67 bits per heavy atom. The van der Waals surface area contributed by atoms with Crippen molar-refractivity contribution in [3.63, 3.8) is 0 Å². The molecule has 0 aromatic carbocycles. The number of nitrogens with one attached hydrogen (secondary N) is 1. The Hall–Kier alpha value is 0.130. The first-order valence-electron chi connectivity index (χ1n) is 6.14. The molecule has 0 radical (unpaired) electrons. The van der Waals surface area contributed by atoms with Gasteiger partial charge in [0.1, 0.15) is 0 Å². The summed E-state index contributed by atoms with van der Waals surface area (Å²) < 4.78 is 0. The van der Waals surface area contributed by atoms with Crippen LogP contribution in [0.1, 0.15) is 39.9 Å². The molecular weight excluding hydrogens is 378 g/mol. The number of rotatable bonds is 4. The van der Waals surface area contributed by atoms with E-state index in [1.54, 1.807) is 11.3 Å². The van der Waals surface area contributed by atoms with E-state index in [4.69, 9.17) is 0 Å². The van der Waals surface area contributed by atoms with Gasteiger partial charge < -0.3 is 5.32 Å². The molecule has 0 aliphatic heterocycles. The molecule has 1 amide bonds. The van der Waals surface area contributed by atoms with Gasteiger partial charge in [-0.3, -0.25) is 4.79 Å². The number of carbonyl (C=O) groups is 1. The molecule has 1 heterocycles. The lowest BCUT2D eigenvalue weighted by Crippen LogP contribution is -2.48. The fraction of sp³-hybridized carbons (Fsp3) is 0.615. The predicted octanol–water partition coefficient (Wildman–Crippen LogP) is 3.91. The summed E-state index contributed by atoms with van der Waals surface area (Å²) >= 11 is 8.56. The van der Waals surface area contributed by atoms with E-state index in [0.29, 0.717) is 0 Å². The first-order chi connectivity index (χ1) is 8.58. The first kappa shape index (κ1) is 14.5. The Balaban J connectivity index is 2.11. The summed E-state index contributed by atoms with van der Waals surface area (Å²) in [5.74, 6) is 0.0517. The second kappa shape index (κ2) is 6.06. The van der Waals surface area contributed by atoms with Crippen molar-refractivity contribution in [3.05, 3.63) is 21.4 Å². The van der Waals surface area contributed by atoms with Gasteiger partial charge in [-0.1, -0.05) is 31.9 Å². The lowest BCUT2D eigenvalue weighted by Gasteiger charge is -2.25. The largest absolute Gasteiger partial charge is 0.344 e. The van der Waals surface area contributed by atoms with Crippen LogP contribution in [0.5, 0.6) is 0 Å². The van der Waals surface area contributed by atoms with Crippen molar-refractivity contribution in [2.45, 2.75) is 38.1 Å². The SMILES string of the molecule is CC(CBr)(CBr)NC(=O)c1cc2c(s1)CCCC2. The summed E-state index contributed by atoms with van der Waals surface area (Å²) in [5, 5.41) is 4.57. The maximum atomic E-state index is 12.3. The number of hydrogen-bond donors (Lipinski definition) is 1. The van der Waals surface area contributed by atoms with Crippen LogP contribution in [0.2, 0.25) is 0 Å². The van der Waals surface area contributed by atoms with Crippen molar-refractivity contribution in [2.24, 2.45) is 0 Å². The summed E-state index contributed by atoms with van der Waals surface area (Å²) in [6.07, 6.45) is 4.79. The van der Waals surface area contributed by atoms with E-state index >= 15 is 0 Å². The Bertz CT molecular complexity index is 417. The molecule has 5 heteroatoms. The molecule has 0 saturated heterocycles. The van der Waals surface area contributed by atoms with Gasteiger partial charge in [-0.2, -0.15) is 0 Å². The lowest BCUT2D eigenvalue weighted by molar-refractivity contribution is 0.0927. The molecule has 1 N–H and O–H groups in total. The van der Waals surface area contributed by atoms with E-state index in [2.05, 4.69) is 43.2 Å². The van der Waals surface area contributed by atoms with Crippen LogP contribution in [-0.2, 0) is 12.8 Å². The average Bonchev–Trinajstić information content (AvgIpc) is 2.82. The number of thiophene rings is 1. The average molecular weight is 395 g/mol. The third-order valence-electron chi connectivity index (χ3n) is 3.23. The van der Waals surface area contributed by atoms with Crippen molar-refractivity contribution in [1.29, 1.82) is 0 Å². The Morgan fingerprint density at radius 2 is 2.06 bits per heavy atom. The van der Waals surface area contributed by atoms with Crippen molar-refractivity contribution >= 4 is 49.1 Å². The minimum atomic E-state index is -0.235. The van der Waals surface area contributed by atoms with Crippen molar-refractivity contribution in [1.82, 2.24) is 5.32 Å². The molecule has 1 aromatic rings. The molecule has 1 aliphatic carbocycles. The van der Waals surface area contributed by atoms with Crippen molar-refractivity contribution in [2.75, 3.05) is 10.7 Å². The van der Waals surface area contributed by atoms with Gasteiger partial charge in [-0.15, -0.1) is 11.3 Å². The highest BCUT2D eigenvalue weighted by Gasteiger charge is 2.26. The van der Waals surface area contributed by atoms with Gasteiger partial charge in [0, 0.05) is 15.5 Å². The molecule has 0 bridgehead atoms. The molecule has 0 saturated carbocycles. The van der Waals surface area contributed by atoms with Crippen LogP contribution in [0.25, 0.3) is 0 Å². The molecule has 2 rings (SSSR count). The minimum Gasteiger partial charge on any atom is -0.344 e. The highest BCUT2D eigenvalue weighted by molar-refractivity contribution is 9.09. The standard InChI is InChI=1S/C13H17Br2NOS/c1-13(7-14,8-15)16-12(17)11-6-9-4-2-3-5-10(9)18-11/h6H,2-5,7-8H2,1H3,(H,16,17). The van der Waals surface area contributed by atoms with E-state index < -0.39 is 0 Å². The Morgan fingerprint density at radius 1 is 1.39 bits per heavy atom. The quantitative estimate of drug-likeness (QED) is 0.770. The third kappa shape index (κ3) is 3.17. The van der Waals surface area contributed by atoms with Crippen molar-refractivity contribution in [3.8, 4) is 0 Å². The Labute approximate surface area is 129 Å². The monoisotopic (exact) mass is 393 g/mol. The van der Waals surface area contributed by atoms with Gasteiger partial charge in [0.05, 0.1) is 10.4 Å². The molecule has 18 heavy (non-hydrogen) atoms. The molecule has 1 aromatic heterocycles. The van der Waals surface area contributed by atoms with Gasteiger partial charge >= 0.3 is 0 Å². The zero-order valence-corrected chi connectivity index (χ0v) is 14.4. The molecule has 0 spiro atoms. The Kier molecular flexibility index (Phi) is 4.89. The topological polar surface area (TPSA) is 29.1 Å². The van der Waals surface area contributed by atoms with E-state index in [0.717, 1.165) is 28.4 Å². The second-order valence-electron chi connectivity index (χ2n) is 5.05. The van der Waals surface area contributed by atoms with Crippen LogP contribution in [0.15, 0.2) is 6.07 Å². The third-order valence-corrected chi connectivity index (χ3v) is 6.94. The van der Waals surface area contributed by atoms with Gasteiger partial charge in [0.15, 0.2) is 0 Å². The molecule has 0 atom stereocenters. The lowest BCUT2D eigenvalue weighted by atomic mass is 9.99. The van der Waals surface area contributed by atoms with E-state index in [1.807, 2.05) is 6.92 Å². The summed E-state index contributed by atoms with van der Waals surface area (Å²) in [6, 6.07) is 2.08. The summed E-state index contributed by atoms with van der Waals surface area (Å²) in [5.41, 5.74) is 1.15. The van der Waals surface area contributed by atoms with Crippen LogP contribution in [-0.4, -0.2) is 22.1 Å². The molecular formula is C13H17Br2NOS.